The zero-order chi connectivity index (χ0) is 16.8. The van der Waals surface area contributed by atoms with E-state index in [0.29, 0.717) is 35.6 Å². The first-order valence-corrected chi connectivity index (χ1v) is 8.61. The molecule has 1 aromatic carbocycles. The van der Waals surface area contributed by atoms with Crippen LogP contribution in [0.1, 0.15) is 6.92 Å². The first-order valence-electron chi connectivity index (χ1n) is 7.62. The summed E-state index contributed by atoms with van der Waals surface area (Å²) in [5.41, 5.74) is 1.20. The summed E-state index contributed by atoms with van der Waals surface area (Å²) in [4.78, 5) is 4.11. The number of ether oxygens (including phenoxy) is 1. The second-order valence-electron chi connectivity index (χ2n) is 4.88. The van der Waals surface area contributed by atoms with Crippen molar-refractivity contribution in [2.24, 2.45) is 0 Å². The Balaban J connectivity index is 2.01. The Kier molecular flexibility index (Phi) is 5.55. The summed E-state index contributed by atoms with van der Waals surface area (Å²) in [6.07, 6.45) is 3.38. The minimum absolute atomic E-state index is 0.325. The van der Waals surface area contributed by atoms with E-state index in [-0.39, 0.29) is 5.82 Å². The lowest BCUT2D eigenvalue weighted by Crippen LogP contribution is -2.04. The molecule has 0 bridgehead atoms. The van der Waals surface area contributed by atoms with Crippen molar-refractivity contribution in [2.45, 2.75) is 12.1 Å². The SMILES string of the molecule is CCOCCSc1nnc(-c2cccnc2)n1-c1ccccc1F. The molecule has 0 N–H and O–H groups in total. The van der Waals surface area contributed by atoms with Gasteiger partial charge in [0.05, 0.1) is 12.3 Å². The molecule has 0 aliphatic carbocycles. The zero-order valence-corrected chi connectivity index (χ0v) is 14.0. The van der Waals surface area contributed by atoms with E-state index in [1.165, 1.54) is 17.8 Å². The smallest absolute Gasteiger partial charge is 0.196 e. The summed E-state index contributed by atoms with van der Waals surface area (Å²) in [5, 5.41) is 9.10. The third-order valence-corrected chi connectivity index (χ3v) is 4.20. The molecule has 0 unspecified atom stereocenters. The quantitative estimate of drug-likeness (QED) is 0.484. The molecule has 0 saturated carbocycles. The van der Waals surface area contributed by atoms with Crippen molar-refractivity contribution in [3.05, 3.63) is 54.6 Å². The van der Waals surface area contributed by atoms with Gasteiger partial charge in [0.2, 0.25) is 0 Å². The number of nitrogens with zero attached hydrogens (tertiary/aromatic N) is 4. The van der Waals surface area contributed by atoms with Gasteiger partial charge in [-0.15, -0.1) is 10.2 Å². The Morgan fingerprint density at radius 1 is 1.17 bits per heavy atom. The standard InChI is InChI=1S/C17H17FN4OS/c1-2-23-10-11-24-17-21-20-16(13-6-5-9-19-12-13)22(17)15-8-4-3-7-14(15)18/h3-9,12H,2,10-11H2,1H3. The van der Waals surface area contributed by atoms with Crippen molar-refractivity contribution < 1.29 is 9.13 Å². The second-order valence-corrected chi connectivity index (χ2v) is 5.94. The maximum Gasteiger partial charge on any atom is 0.196 e. The third kappa shape index (κ3) is 3.63. The van der Waals surface area contributed by atoms with Crippen LogP contribution in [0.3, 0.4) is 0 Å². The van der Waals surface area contributed by atoms with Gasteiger partial charge in [-0.25, -0.2) is 4.39 Å². The lowest BCUT2D eigenvalue weighted by Gasteiger charge is -2.11. The highest BCUT2D eigenvalue weighted by atomic mass is 32.2. The molecular weight excluding hydrogens is 327 g/mol. The summed E-state index contributed by atoms with van der Waals surface area (Å²) in [6.45, 7) is 3.22. The minimum Gasteiger partial charge on any atom is -0.381 e. The van der Waals surface area contributed by atoms with Crippen molar-refractivity contribution in [1.29, 1.82) is 0 Å². The van der Waals surface area contributed by atoms with E-state index in [2.05, 4.69) is 15.2 Å². The summed E-state index contributed by atoms with van der Waals surface area (Å²) in [7, 11) is 0. The number of benzene rings is 1. The van der Waals surface area contributed by atoms with Crippen molar-refractivity contribution in [3.63, 3.8) is 0 Å². The molecule has 0 radical (unpaired) electrons. The maximum absolute atomic E-state index is 14.3. The molecule has 0 saturated heterocycles. The van der Waals surface area contributed by atoms with Gasteiger partial charge in [-0.2, -0.15) is 0 Å². The van der Waals surface area contributed by atoms with E-state index < -0.39 is 0 Å². The predicted octanol–water partition coefficient (Wildman–Crippen LogP) is 3.60. The van der Waals surface area contributed by atoms with Crippen LogP contribution in [-0.2, 0) is 4.74 Å². The molecular formula is C17H17FN4OS. The molecule has 2 heterocycles. The highest BCUT2D eigenvalue weighted by Crippen LogP contribution is 2.28. The summed E-state index contributed by atoms with van der Waals surface area (Å²) < 4.78 is 21.4. The van der Waals surface area contributed by atoms with Gasteiger partial charge in [0.25, 0.3) is 0 Å². The van der Waals surface area contributed by atoms with Crippen LogP contribution >= 0.6 is 11.8 Å². The fraction of sp³-hybridized carbons (Fsp3) is 0.235. The third-order valence-electron chi connectivity index (χ3n) is 3.31. The fourth-order valence-electron chi connectivity index (χ4n) is 2.23. The van der Waals surface area contributed by atoms with E-state index in [1.807, 2.05) is 19.1 Å². The average molecular weight is 344 g/mol. The Labute approximate surface area is 143 Å². The largest absolute Gasteiger partial charge is 0.381 e. The Morgan fingerprint density at radius 3 is 2.79 bits per heavy atom. The first kappa shape index (κ1) is 16.6. The molecule has 0 atom stereocenters. The lowest BCUT2D eigenvalue weighted by atomic mass is 10.2. The van der Waals surface area contributed by atoms with E-state index >= 15 is 0 Å². The van der Waals surface area contributed by atoms with Gasteiger partial charge < -0.3 is 4.74 Å². The van der Waals surface area contributed by atoms with E-state index in [1.54, 1.807) is 35.2 Å². The van der Waals surface area contributed by atoms with Crippen molar-refractivity contribution in [1.82, 2.24) is 19.7 Å². The lowest BCUT2D eigenvalue weighted by molar-refractivity contribution is 0.164. The fourth-order valence-corrected chi connectivity index (χ4v) is 3.03. The molecule has 24 heavy (non-hydrogen) atoms. The summed E-state index contributed by atoms with van der Waals surface area (Å²) in [5.74, 6) is 0.953. The van der Waals surface area contributed by atoms with Gasteiger partial charge in [-0.05, 0) is 31.2 Å². The van der Waals surface area contributed by atoms with E-state index in [0.717, 1.165) is 5.56 Å². The minimum atomic E-state index is -0.325. The van der Waals surface area contributed by atoms with Crippen molar-refractivity contribution in [3.8, 4) is 17.1 Å². The van der Waals surface area contributed by atoms with Crippen molar-refractivity contribution in [2.75, 3.05) is 19.0 Å². The topological polar surface area (TPSA) is 52.8 Å². The molecule has 3 rings (SSSR count). The number of hydrogen-bond donors (Lipinski definition) is 0. The molecule has 3 aromatic rings. The first-order chi connectivity index (χ1) is 11.8. The zero-order valence-electron chi connectivity index (χ0n) is 13.2. The molecule has 124 valence electrons. The molecule has 5 nitrogen and oxygen atoms in total. The van der Waals surface area contributed by atoms with Crippen molar-refractivity contribution >= 4 is 11.8 Å². The molecule has 2 aromatic heterocycles. The van der Waals surface area contributed by atoms with Gasteiger partial charge in [-0.3, -0.25) is 9.55 Å². The molecule has 0 fully saturated rings. The number of aromatic nitrogens is 4. The predicted molar refractivity (Wildman–Crippen MR) is 91.8 cm³/mol. The van der Waals surface area contributed by atoms with E-state index in [9.17, 15) is 4.39 Å². The number of thioether (sulfide) groups is 1. The number of hydrogen-bond acceptors (Lipinski definition) is 5. The number of rotatable bonds is 7. The number of halogens is 1. The molecule has 0 aliphatic heterocycles. The Bertz CT molecular complexity index is 794. The van der Waals surface area contributed by atoms with Crippen LogP contribution in [0.4, 0.5) is 4.39 Å². The van der Waals surface area contributed by atoms with Crippen LogP contribution in [-0.4, -0.2) is 38.7 Å². The normalized spacial score (nSPS) is 10.9. The Morgan fingerprint density at radius 2 is 2.04 bits per heavy atom. The van der Waals surface area contributed by atoms with E-state index in [4.69, 9.17) is 4.74 Å². The monoisotopic (exact) mass is 344 g/mol. The van der Waals surface area contributed by atoms with Gasteiger partial charge in [0.1, 0.15) is 5.82 Å². The molecule has 0 amide bonds. The van der Waals surface area contributed by atoms with Crippen LogP contribution in [0.2, 0.25) is 0 Å². The van der Waals surface area contributed by atoms with Crippen LogP contribution in [0.15, 0.2) is 53.9 Å². The molecule has 0 spiro atoms. The average Bonchev–Trinajstić information content (AvgIpc) is 3.03. The highest BCUT2D eigenvalue weighted by molar-refractivity contribution is 7.99. The Hall–Kier alpha value is -2.25. The van der Waals surface area contributed by atoms with Crippen LogP contribution < -0.4 is 0 Å². The van der Waals surface area contributed by atoms with Gasteiger partial charge in [-0.1, -0.05) is 23.9 Å². The maximum atomic E-state index is 14.3. The van der Waals surface area contributed by atoms with Gasteiger partial charge in [0.15, 0.2) is 11.0 Å². The number of pyridine rings is 1. The van der Waals surface area contributed by atoms with Crippen LogP contribution in [0.5, 0.6) is 0 Å². The van der Waals surface area contributed by atoms with Crippen LogP contribution in [0.25, 0.3) is 17.1 Å². The summed E-state index contributed by atoms with van der Waals surface area (Å²) >= 11 is 1.48. The molecule has 0 aliphatic rings. The van der Waals surface area contributed by atoms with Gasteiger partial charge >= 0.3 is 0 Å². The summed E-state index contributed by atoms with van der Waals surface area (Å²) in [6, 6.07) is 10.3. The van der Waals surface area contributed by atoms with Gasteiger partial charge in [0, 0.05) is 30.3 Å². The molecule has 7 heteroatoms. The second kappa shape index (κ2) is 8.03. The van der Waals surface area contributed by atoms with Crippen LogP contribution in [0, 0.1) is 5.82 Å². The number of para-hydroxylation sites is 1. The highest BCUT2D eigenvalue weighted by Gasteiger charge is 2.18.